The van der Waals surface area contributed by atoms with Gasteiger partial charge in [-0.3, -0.25) is 4.79 Å². The molecule has 0 fully saturated rings. The van der Waals surface area contributed by atoms with E-state index in [9.17, 15) is 4.79 Å². The minimum absolute atomic E-state index is 0. The summed E-state index contributed by atoms with van der Waals surface area (Å²) in [5, 5.41) is 0.199. The molecule has 0 aliphatic carbocycles. The molecule has 0 aliphatic rings. The molecule has 0 saturated carbocycles. The van der Waals surface area contributed by atoms with Crippen molar-refractivity contribution in [3.05, 3.63) is 0 Å². The Labute approximate surface area is 97.3 Å². The molecule has 0 aliphatic heterocycles. The SMILES string of the molecule is C[Si](C)(C)C(C(N)=O)[Si](C)(C)C.[H-].[Li+]. The van der Waals surface area contributed by atoms with E-state index in [0.717, 1.165) is 0 Å². The van der Waals surface area contributed by atoms with Crippen molar-refractivity contribution in [1.29, 1.82) is 0 Å². The second-order valence-corrected chi connectivity index (χ2v) is 16.8. The first-order chi connectivity index (χ1) is 5.07. The van der Waals surface area contributed by atoms with Crippen molar-refractivity contribution in [2.45, 2.75) is 44.4 Å². The monoisotopic (exact) mass is 211 g/mol. The topological polar surface area (TPSA) is 43.1 Å². The Morgan fingerprint density at radius 3 is 1.31 bits per heavy atom. The Bertz CT molecular complexity index is 175. The Balaban J connectivity index is -0.000000605. The van der Waals surface area contributed by atoms with Gasteiger partial charge in [-0.25, -0.2) is 0 Å². The quantitative estimate of drug-likeness (QED) is 0.609. The molecule has 0 aromatic rings. The Morgan fingerprint density at radius 1 is 1.08 bits per heavy atom. The fraction of sp³-hybridized carbons (Fsp3) is 0.875. The van der Waals surface area contributed by atoms with Crippen molar-refractivity contribution < 1.29 is 25.1 Å². The summed E-state index contributed by atoms with van der Waals surface area (Å²) in [4.78, 5) is 11.3. The molecule has 0 aromatic carbocycles. The van der Waals surface area contributed by atoms with Crippen LogP contribution in [0.1, 0.15) is 1.43 Å². The van der Waals surface area contributed by atoms with Crippen LogP contribution in [-0.2, 0) is 4.79 Å². The standard InChI is InChI=1S/C8H21NOSi2.Li.H/c1-11(2,3)8(7(9)10)12(4,5)6;;/h8H,1-6H3,(H2,9,10);;/q;+1;-1. The van der Waals surface area contributed by atoms with E-state index in [4.69, 9.17) is 5.73 Å². The van der Waals surface area contributed by atoms with E-state index in [0.29, 0.717) is 0 Å². The van der Waals surface area contributed by atoms with E-state index in [-0.39, 0.29) is 31.4 Å². The molecule has 0 saturated heterocycles. The molecule has 0 radical (unpaired) electrons. The maximum Gasteiger partial charge on any atom is 1.00 e. The predicted molar refractivity (Wildman–Crippen MR) is 60.7 cm³/mol. The van der Waals surface area contributed by atoms with Gasteiger partial charge in [-0.05, 0) is 0 Å². The largest absolute Gasteiger partial charge is 1.00 e. The minimum atomic E-state index is -1.40. The van der Waals surface area contributed by atoms with Crippen molar-refractivity contribution in [3.63, 3.8) is 0 Å². The third-order valence-electron chi connectivity index (χ3n) is 2.02. The third-order valence-corrected chi connectivity index (χ3v) is 11.2. The van der Waals surface area contributed by atoms with Gasteiger partial charge in [0.1, 0.15) is 0 Å². The first-order valence-corrected chi connectivity index (χ1v) is 11.5. The number of carbonyl (C=O) groups excluding carboxylic acids is 1. The Morgan fingerprint density at radius 2 is 1.31 bits per heavy atom. The van der Waals surface area contributed by atoms with Gasteiger partial charge in [0, 0.05) is 5.16 Å². The minimum Gasteiger partial charge on any atom is -1.00 e. The van der Waals surface area contributed by atoms with Crippen LogP contribution >= 0.6 is 0 Å². The molecule has 1 amide bonds. The van der Waals surface area contributed by atoms with Crippen LogP contribution < -0.4 is 24.6 Å². The van der Waals surface area contributed by atoms with Crippen LogP contribution in [-0.4, -0.2) is 22.1 Å². The van der Waals surface area contributed by atoms with E-state index >= 15 is 0 Å². The summed E-state index contributed by atoms with van der Waals surface area (Å²) in [6, 6.07) is 0. The van der Waals surface area contributed by atoms with Crippen LogP contribution in [0.5, 0.6) is 0 Å². The molecular formula is C8H22LiNOSi2. The van der Waals surface area contributed by atoms with E-state index < -0.39 is 16.1 Å². The Kier molecular flexibility index (Phi) is 5.93. The van der Waals surface area contributed by atoms with Crippen LogP contribution in [0.4, 0.5) is 0 Å². The summed E-state index contributed by atoms with van der Waals surface area (Å²) in [6.45, 7) is 13.3. The molecule has 5 heteroatoms. The number of primary amides is 1. The zero-order chi connectivity index (χ0) is 10.2. The number of nitrogens with two attached hydrogens (primary N) is 1. The van der Waals surface area contributed by atoms with Crippen LogP contribution in [0.2, 0.25) is 44.4 Å². The van der Waals surface area contributed by atoms with Crippen molar-refractivity contribution in [2.24, 2.45) is 5.73 Å². The summed E-state index contributed by atoms with van der Waals surface area (Å²) in [7, 11) is -2.80. The molecule has 0 unspecified atom stereocenters. The van der Waals surface area contributed by atoms with Crippen molar-refractivity contribution in [3.8, 4) is 0 Å². The summed E-state index contributed by atoms with van der Waals surface area (Å²) >= 11 is 0. The number of rotatable bonds is 3. The van der Waals surface area contributed by atoms with Crippen LogP contribution in [0, 0.1) is 0 Å². The van der Waals surface area contributed by atoms with Gasteiger partial charge in [0.15, 0.2) is 0 Å². The van der Waals surface area contributed by atoms with Gasteiger partial charge in [0.05, 0.1) is 16.1 Å². The number of hydrogen-bond acceptors (Lipinski definition) is 1. The maximum atomic E-state index is 11.3. The number of amides is 1. The first-order valence-electron chi connectivity index (χ1n) is 4.36. The summed E-state index contributed by atoms with van der Waals surface area (Å²) in [5.74, 6) is -0.0756. The summed E-state index contributed by atoms with van der Waals surface area (Å²) in [6.07, 6.45) is 0. The second kappa shape index (κ2) is 4.83. The van der Waals surface area contributed by atoms with Crippen molar-refractivity contribution in [2.75, 3.05) is 0 Å². The van der Waals surface area contributed by atoms with E-state index in [1.54, 1.807) is 0 Å². The average Bonchev–Trinajstić information content (AvgIpc) is 1.49. The van der Waals surface area contributed by atoms with Gasteiger partial charge in [0.2, 0.25) is 5.91 Å². The molecule has 0 aromatic heterocycles. The van der Waals surface area contributed by atoms with Gasteiger partial charge in [-0.2, -0.15) is 0 Å². The first kappa shape index (κ1) is 16.0. The van der Waals surface area contributed by atoms with Crippen LogP contribution in [0.15, 0.2) is 0 Å². The zero-order valence-corrected chi connectivity index (χ0v) is 12.1. The second-order valence-electron chi connectivity index (χ2n) is 5.57. The van der Waals surface area contributed by atoms with Crippen LogP contribution in [0.25, 0.3) is 0 Å². The van der Waals surface area contributed by atoms with Gasteiger partial charge < -0.3 is 7.16 Å². The smallest absolute Gasteiger partial charge is 1.00 e. The molecule has 13 heavy (non-hydrogen) atoms. The zero-order valence-electron chi connectivity index (χ0n) is 11.1. The molecule has 0 bridgehead atoms. The molecule has 0 heterocycles. The van der Waals surface area contributed by atoms with E-state index in [2.05, 4.69) is 39.3 Å². The number of hydrogen-bond donors (Lipinski definition) is 1. The molecule has 0 spiro atoms. The van der Waals surface area contributed by atoms with Crippen LogP contribution in [0.3, 0.4) is 0 Å². The maximum absolute atomic E-state index is 11.3. The summed E-state index contributed by atoms with van der Waals surface area (Å²) < 4.78 is 0. The van der Waals surface area contributed by atoms with Gasteiger partial charge >= 0.3 is 18.9 Å². The normalized spacial score (nSPS) is 12.5. The molecule has 0 rings (SSSR count). The van der Waals surface area contributed by atoms with Crippen molar-refractivity contribution >= 4 is 22.1 Å². The van der Waals surface area contributed by atoms with Gasteiger partial charge in [-0.1, -0.05) is 39.3 Å². The molecule has 2 nitrogen and oxygen atoms in total. The fourth-order valence-electron chi connectivity index (χ4n) is 2.15. The predicted octanol–water partition coefficient (Wildman–Crippen LogP) is -0.826. The summed E-state index contributed by atoms with van der Waals surface area (Å²) in [5.41, 5.74) is 5.44. The van der Waals surface area contributed by atoms with Crippen molar-refractivity contribution in [1.82, 2.24) is 0 Å². The average molecular weight is 211 g/mol. The van der Waals surface area contributed by atoms with E-state index in [1.807, 2.05) is 0 Å². The third kappa shape index (κ3) is 5.06. The van der Waals surface area contributed by atoms with Gasteiger partial charge in [0.25, 0.3) is 0 Å². The number of carbonyl (C=O) groups is 1. The molecular weight excluding hydrogens is 189 g/mol. The Hall–Kier alpha value is 0.501. The molecule has 74 valence electrons. The molecule has 0 atom stereocenters. The fourth-order valence-corrected chi connectivity index (χ4v) is 14.3. The van der Waals surface area contributed by atoms with Gasteiger partial charge in [-0.15, -0.1) is 0 Å². The molecule has 2 N–H and O–H groups in total. The van der Waals surface area contributed by atoms with E-state index in [1.165, 1.54) is 0 Å².